The molecule has 0 N–H and O–H groups in total. The summed E-state index contributed by atoms with van der Waals surface area (Å²) in [5.41, 5.74) is 0. The Kier molecular flexibility index (Phi) is 3.27. The SMILES string of the molecule is Clc1ccc(OCC2CCOC2)cc1. The van der Waals surface area contributed by atoms with Crippen LogP contribution in [0.4, 0.5) is 0 Å². The second-order valence-corrected chi connectivity index (χ2v) is 3.93. The van der Waals surface area contributed by atoms with E-state index in [1.165, 1.54) is 0 Å². The highest BCUT2D eigenvalue weighted by Gasteiger charge is 2.15. The smallest absolute Gasteiger partial charge is 0.119 e. The van der Waals surface area contributed by atoms with E-state index in [0.29, 0.717) is 5.92 Å². The van der Waals surface area contributed by atoms with Gasteiger partial charge in [0.25, 0.3) is 0 Å². The predicted octanol–water partition coefficient (Wildman–Crippen LogP) is 2.76. The molecule has 76 valence electrons. The zero-order valence-corrected chi connectivity index (χ0v) is 8.67. The molecule has 0 radical (unpaired) electrons. The number of hydrogen-bond acceptors (Lipinski definition) is 2. The van der Waals surface area contributed by atoms with Crippen molar-refractivity contribution in [1.82, 2.24) is 0 Å². The number of rotatable bonds is 3. The lowest BCUT2D eigenvalue weighted by Crippen LogP contribution is -2.11. The van der Waals surface area contributed by atoms with Crippen molar-refractivity contribution in [3.05, 3.63) is 29.3 Å². The van der Waals surface area contributed by atoms with Gasteiger partial charge in [0.05, 0.1) is 13.2 Å². The van der Waals surface area contributed by atoms with Gasteiger partial charge in [-0.05, 0) is 30.7 Å². The zero-order chi connectivity index (χ0) is 9.80. The summed E-state index contributed by atoms with van der Waals surface area (Å²) in [6.45, 7) is 2.43. The van der Waals surface area contributed by atoms with Crippen molar-refractivity contribution in [3.8, 4) is 5.75 Å². The molecule has 0 bridgehead atoms. The van der Waals surface area contributed by atoms with Crippen molar-refractivity contribution in [2.45, 2.75) is 6.42 Å². The van der Waals surface area contributed by atoms with Crippen molar-refractivity contribution >= 4 is 11.6 Å². The summed E-state index contributed by atoms with van der Waals surface area (Å²) in [4.78, 5) is 0. The summed E-state index contributed by atoms with van der Waals surface area (Å²) in [5.74, 6) is 1.42. The topological polar surface area (TPSA) is 18.5 Å². The minimum atomic E-state index is 0.547. The van der Waals surface area contributed by atoms with Crippen LogP contribution in [0.2, 0.25) is 5.02 Å². The van der Waals surface area contributed by atoms with Gasteiger partial charge in [-0.3, -0.25) is 0 Å². The molecular formula is C11H13ClO2. The summed E-state index contributed by atoms with van der Waals surface area (Å²) in [6, 6.07) is 7.44. The van der Waals surface area contributed by atoms with Crippen molar-refractivity contribution in [2.24, 2.45) is 5.92 Å². The van der Waals surface area contributed by atoms with Crippen LogP contribution in [0.3, 0.4) is 0 Å². The van der Waals surface area contributed by atoms with Crippen molar-refractivity contribution in [2.75, 3.05) is 19.8 Å². The lowest BCUT2D eigenvalue weighted by atomic mass is 10.1. The summed E-state index contributed by atoms with van der Waals surface area (Å²) >= 11 is 5.76. The molecule has 0 aliphatic carbocycles. The molecule has 1 unspecified atom stereocenters. The molecular weight excluding hydrogens is 200 g/mol. The van der Waals surface area contributed by atoms with Gasteiger partial charge in [-0.15, -0.1) is 0 Å². The maximum Gasteiger partial charge on any atom is 0.119 e. The first-order valence-corrected chi connectivity index (χ1v) is 5.18. The first-order valence-electron chi connectivity index (χ1n) is 4.81. The van der Waals surface area contributed by atoms with Gasteiger partial charge in [0.1, 0.15) is 5.75 Å². The molecule has 0 saturated carbocycles. The maximum absolute atomic E-state index is 5.76. The summed E-state index contributed by atoms with van der Waals surface area (Å²) in [6.07, 6.45) is 1.10. The summed E-state index contributed by atoms with van der Waals surface area (Å²) in [5, 5.41) is 0.738. The molecule has 0 spiro atoms. The van der Waals surface area contributed by atoms with E-state index in [4.69, 9.17) is 21.1 Å². The molecule has 14 heavy (non-hydrogen) atoms. The van der Waals surface area contributed by atoms with Gasteiger partial charge in [-0.25, -0.2) is 0 Å². The van der Waals surface area contributed by atoms with Gasteiger partial charge < -0.3 is 9.47 Å². The Bertz CT molecular complexity index is 278. The zero-order valence-electron chi connectivity index (χ0n) is 7.91. The summed E-state index contributed by atoms with van der Waals surface area (Å²) in [7, 11) is 0. The van der Waals surface area contributed by atoms with Crippen LogP contribution in [0, 0.1) is 5.92 Å². The number of benzene rings is 1. The second-order valence-electron chi connectivity index (χ2n) is 3.49. The van der Waals surface area contributed by atoms with Crippen LogP contribution in [0.25, 0.3) is 0 Å². The van der Waals surface area contributed by atoms with Gasteiger partial charge in [-0.1, -0.05) is 11.6 Å². The monoisotopic (exact) mass is 212 g/mol. The highest BCUT2D eigenvalue weighted by Crippen LogP contribution is 2.18. The van der Waals surface area contributed by atoms with E-state index in [1.807, 2.05) is 24.3 Å². The van der Waals surface area contributed by atoms with Crippen molar-refractivity contribution < 1.29 is 9.47 Å². The molecule has 1 heterocycles. The van der Waals surface area contributed by atoms with Crippen molar-refractivity contribution in [3.63, 3.8) is 0 Å². The fourth-order valence-corrected chi connectivity index (χ4v) is 1.59. The normalized spacial score (nSPS) is 21.1. The first kappa shape index (κ1) is 9.81. The average Bonchev–Trinajstić information content (AvgIpc) is 2.70. The van der Waals surface area contributed by atoms with Crippen LogP contribution in [0.1, 0.15) is 6.42 Å². The minimum Gasteiger partial charge on any atom is -0.493 e. The molecule has 2 rings (SSSR count). The number of ether oxygens (including phenoxy) is 2. The van der Waals surface area contributed by atoms with E-state index in [1.54, 1.807) is 0 Å². The molecule has 1 fully saturated rings. The standard InChI is InChI=1S/C11H13ClO2/c12-10-1-3-11(4-2-10)14-8-9-5-6-13-7-9/h1-4,9H,5-8H2. The molecule has 1 aromatic carbocycles. The van der Waals surface area contributed by atoms with Crippen LogP contribution >= 0.6 is 11.6 Å². The number of halogens is 1. The fourth-order valence-electron chi connectivity index (χ4n) is 1.46. The van der Waals surface area contributed by atoms with Gasteiger partial charge in [-0.2, -0.15) is 0 Å². The Morgan fingerprint density at radius 1 is 1.36 bits per heavy atom. The van der Waals surface area contributed by atoms with Crippen LogP contribution in [0.15, 0.2) is 24.3 Å². The van der Waals surface area contributed by atoms with E-state index in [0.717, 1.165) is 37.0 Å². The molecule has 1 saturated heterocycles. The fraction of sp³-hybridized carbons (Fsp3) is 0.455. The molecule has 2 nitrogen and oxygen atoms in total. The van der Waals surface area contributed by atoms with E-state index >= 15 is 0 Å². The Labute approximate surface area is 88.8 Å². The minimum absolute atomic E-state index is 0.547. The Hall–Kier alpha value is -0.730. The lowest BCUT2D eigenvalue weighted by Gasteiger charge is -2.09. The van der Waals surface area contributed by atoms with Gasteiger partial charge in [0.15, 0.2) is 0 Å². The van der Waals surface area contributed by atoms with Crippen LogP contribution < -0.4 is 4.74 Å². The highest BCUT2D eigenvalue weighted by atomic mass is 35.5. The largest absolute Gasteiger partial charge is 0.493 e. The lowest BCUT2D eigenvalue weighted by molar-refractivity contribution is 0.167. The Balaban J connectivity index is 1.82. The van der Waals surface area contributed by atoms with Gasteiger partial charge in [0.2, 0.25) is 0 Å². The van der Waals surface area contributed by atoms with Gasteiger partial charge in [0, 0.05) is 17.5 Å². The van der Waals surface area contributed by atoms with Crippen molar-refractivity contribution in [1.29, 1.82) is 0 Å². The first-order chi connectivity index (χ1) is 6.84. The van der Waals surface area contributed by atoms with Crippen LogP contribution in [0.5, 0.6) is 5.75 Å². The third-order valence-corrected chi connectivity index (χ3v) is 2.58. The average molecular weight is 213 g/mol. The van der Waals surface area contributed by atoms with E-state index < -0.39 is 0 Å². The molecule has 0 amide bonds. The summed E-state index contributed by atoms with van der Waals surface area (Å²) < 4.78 is 10.9. The molecule has 1 aromatic rings. The molecule has 1 atom stereocenters. The third kappa shape index (κ3) is 2.63. The van der Waals surface area contributed by atoms with Crippen LogP contribution in [-0.4, -0.2) is 19.8 Å². The van der Waals surface area contributed by atoms with Crippen LogP contribution in [-0.2, 0) is 4.74 Å². The quantitative estimate of drug-likeness (QED) is 0.767. The highest BCUT2D eigenvalue weighted by molar-refractivity contribution is 6.30. The molecule has 3 heteroatoms. The van der Waals surface area contributed by atoms with E-state index in [-0.39, 0.29) is 0 Å². The maximum atomic E-state index is 5.76. The molecule has 0 aromatic heterocycles. The Morgan fingerprint density at radius 2 is 2.14 bits per heavy atom. The third-order valence-electron chi connectivity index (χ3n) is 2.32. The van der Waals surface area contributed by atoms with Gasteiger partial charge >= 0.3 is 0 Å². The number of hydrogen-bond donors (Lipinski definition) is 0. The van der Waals surface area contributed by atoms with E-state index in [9.17, 15) is 0 Å². The molecule has 1 aliphatic heterocycles. The predicted molar refractivity (Wildman–Crippen MR) is 55.9 cm³/mol. The van der Waals surface area contributed by atoms with E-state index in [2.05, 4.69) is 0 Å². The Morgan fingerprint density at radius 3 is 2.79 bits per heavy atom. The molecule has 1 aliphatic rings. The second kappa shape index (κ2) is 4.67.